The smallest absolute Gasteiger partial charge is 0.416 e. The van der Waals surface area contributed by atoms with E-state index in [0.29, 0.717) is 22.3 Å². The van der Waals surface area contributed by atoms with Crippen LogP contribution in [-0.2, 0) is 10.9 Å². The Bertz CT molecular complexity index is 1570. The lowest BCUT2D eigenvalue weighted by molar-refractivity contribution is -0.137. The molecule has 2 amide bonds. The number of fused-ring (bicyclic) bond motifs is 1. The Morgan fingerprint density at radius 2 is 1.77 bits per heavy atom. The van der Waals surface area contributed by atoms with Gasteiger partial charge in [-0.3, -0.25) is 9.36 Å². The Kier molecular flexibility index (Phi) is 8.43. The lowest BCUT2D eigenvalue weighted by Crippen LogP contribution is -2.41. The minimum absolute atomic E-state index is 0.109. The maximum Gasteiger partial charge on any atom is 0.416 e. The van der Waals surface area contributed by atoms with Gasteiger partial charge in [0.25, 0.3) is 5.56 Å². The largest absolute Gasteiger partial charge is 0.495 e. The minimum Gasteiger partial charge on any atom is -0.495 e. The Balaban J connectivity index is 1.82. The van der Waals surface area contributed by atoms with E-state index in [9.17, 15) is 22.8 Å². The molecule has 210 valence electrons. The Morgan fingerprint density at radius 1 is 1.07 bits per heavy atom. The molecule has 0 aliphatic carbocycles. The quantitative estimate of drug-likeness (QED) is 0.290. The number of rotatable bonds is 8. The number of para-hydroxylation sites is 1. The van der Waals surface area contributed by atoms with Crippen molar-refractivity contribution in [3.8, 4) is 11.4 Å². The van der Waals surface area contributed by atoms with Crippen molar-refractivity contribution in [3.05, 3.63) is 94.0 Å². The highest BCUT2D eigenvalue weighted by Gasteiger charge is 2.31. The number of urea groups is 1. The molecular weight excluding hydrogens is 525 g/mol. The summed E-state index contributed by atoms with van der Waals surface area (Å²) in [7, 11) is 2.98. The van der Waals surface area contributed by atoms with Crippen molar-refractivity contribution in [1.82, 2.24) is 14.5 Å². The average molecular weight is 555 g/mol. The predicted molar refractivity (Wildman–Crippen MR) is 146 cm³/mol. The number of aromatic nitrogens is 2. The highest BCUT2D eigenvalue weighted by atomic mass is 19.4. The number of carbonyl (C=O) groups excluding carboxylic acids is 1. The summed E-state index contributed by atoms with van der Waals surface area (Å²) in [6.07, 6.45) is -4.50. The molecule has 8 nitrogen and oxygen atoms in total. The van der Waals surface area contributed by atoms with Gasteiger partial charge in [0, 0.05) is 19.3 Å². The van der Waals surface area contributed by atoms with Gasteiger partial charge in [-0.05, 0) is 67.9 Å². The van der Waals surface area contributed by atoms with E-state index in [1.165, 1.54) is 35.8 Å². The summed E-state index contributed by atoms with van der Waals surface area (Å²) in [5.74, 6) is 0.710. The van der Waals surface area contributed by atoms with Gasteiger partial charge in [-0.25, -0.2) is 9.78 Å². The number of ether oxygens (including phenoxy) is 2. The molecule has 0 saturated heterocycles. The van der Waals surface area contributed by atoms with Gasteiger partial charge in [0.15, 0.2) is 0 Å². The standard InChI is InChI=1S/C29H29F3N4O4/c1-18-9-14-25(40-4)24(17-18)36-26(34-23-8-6-5-7-22(23)27(36)37)19(2)35(15-16-39-3)28(38)33-21-12-10-20(11-13-21)29(30,31)32/h5-14,17,19H,15-16H2,1-4H3,(H,33,38). The third-order valence-corrected chi connectivity index (χ3v) is 6.48. The van der Waals surface area contributed by atoms with Crippen LogP contribution in [0.5, 0.6) is 5.75 Å². The molecule has 0 fully saturated rings. The van der Waals surface area contributed by atoms with Crippen molar-refractivity contribution in [2.24, 2.45) is 0 Å². The van der Waals surface area contributed by atoms with Gasteiger partial charge in [0.05, 0.1) is 41.9 Å². The second-order valence-electron chi connectivity index (χ2n) is 9.17. The number of anilines is 1. The van der Waals surface area contributed by atoms with Crippen molar-refractivity contribution in [3.63, 3.8) is 0 Å². The molecule has 0 radical (unpaired) electrons. The zero-order valence-electron chi connectivity index (χ0n) is 22.5. The summed E-state index contributed by atoms with van der Waals surface area (Å²) in [4.78, 5) is 33.6. The highest BCUT2D eigenvalue weighted by molar-refractivity contribution is 5.89. The van der Waals surface area contributed by atoms with Crippen LogP contribution in [0.3, 0.4) is 0 Å². The van der Waals surface area contributed by atoms with Crippen molar-refractivity contribution < 1.29 is 27.4 Å². The summed E-state index contributed by atoms with van der Waals surface area (Å²) >= 11 is 0. The van der Waals surface area contributed by atoms with E-state index in [4.69, 9.17) is 14.5 Å². The Labute approximate surface area is 229 Å². The molecule has 1 heterocycles. The molecule has 4 rings (SSSR count). The first kappa shape index (κ1) is 28.6. The molecule has 0 aliphatic rings. The predicted octanol–water partition coefficient (Wildman–Crippen LogP) is 5.96. The number of amides is 2. The molecule has 0 aliphatic heterocycles. The molecule has 1 unspecified atom stereocenters. The van der Waals surface area contributed by atoms with Gasteiger partial charge in [0.1, 0.15) is 11.6 Å². The van der Waals surface area contributed by atoms with Gasteiger partial charge < -0.3 is 19.7 Å². The molecule has 11 heteroatoms. The van der Waals surface area contributed by atoms with Crippen LogP contribution < -0.4 is 15.6 Å². The summed E-state index contributed by atoms with van der Waals surface area (Å²) in [6, 6.07) is 15.1. The molecule has 1 aromatic heterocycles. The molecule has 40 heavy (non-hydrogen) atoms. The zero-order chi connectivity index (χ0) is 29.0. The zero-order valence-corrected chi connectivity index (χ0v) is 22.5. The SMILES string of the molecule is COCCN(C(=O)Nc1ccc(C(F)(F)F)cc1)C(C)c1nc2ccccc2c(=O)n1-c1cc(C)ccc1OC. The molecule has 3 aromatic carbocycles. The summed E-state index contributed by atoms with van der Waals surface area (Å²) < 4.78 is 51.2. The van der Waals surface area contributed by atoms with Crippen LogP contribution in [-0.4, -0.2) is 47.9 Å². The van der Waals surface area contributed by atoms with Gasteiger partial charge in [-0.1, -0.05) is 18.2 Å². The van der Waals surface area contributed by atoms with Crippen LogP contribution in [0.4, 0.5) is 23.7 Å². The van der Waals surface area contributed by atoms with E-state index in [1.54, 1.807) is 43.3 Å². The lowest BCUT2D eigenvalue weighted by atomic mass is 10.1. The van der Waals surface area contributed by atoms with E-state index in [-0.39, 0.29) is 30.2 Å². The van der Waals surface area contributed by atoms with Gasteiger partial charge >= 0.3 is 12.2 Å². The normalized spacial score (nSPS) is 12.3. The van der Waals surface area contributed by atoms with E-state index in [2.05, 4.69) is 5.32 Å². The maximum atomic E-state index is 13.9. The first-order valence-electron chi connectivity index (χ1n) is 12.5. The van der Waals surface area contributed by atoms with Crippen molar-refractivity contribution in [1.29, 1.82) is 0 Å². The second-order valence-corrected chi connectivity index (χ2v) is 9.17. The van der Waals surface area contributed by atoms with Crippen LogP contribution in [0.25, 0.3) is 16.6 Å². The summed E-state index contributed by atoms with van der Waals surface area (Å²) in [5, 5.41) is 3.04. The third kappa shape index (κ3) is 5.94. The molecule has 0 bridgehead atoms. The number of hydrogen-bond donors (Lipinski definition) is 1. The Hall–Kier alpha value is -4.38. The van der Waals surface area contributed by atoms with Crippen molar-refractivity contribution in [2.75, 3.05) is 32.7 Å². The van der Waals surface area contributed by atoms with Gasteiger partial charge in [-0.15, -0.1) is 0 Å². The second kappa shape index (κ2) is 11.8. The van der Waals surface area contributed by atoms with E-state index < -0.39 is 23.8 Å². The van der Waals surface area contributed by atoms with Crippen LogP contribution in [0.2, 0.25) is 0 Å². The third-order valence-electron chi connectivity index (χ3n) is 6.48. The summed E-state index contributed by atoms with van der Waals surface area (Å²) in [5.41, 5.74) is 0.801. The van der Waals surface area contributed by atoms with Gasteiger partial charge in [0.2, 0.25) is 0 Å². The molecular formula is C29H29F3N4O4. The number of nitrogens with one attached hydrogen (secondary N) is 1. The number of aryl methyl sites for hydroxylation is 1. The van der Waals surface area contributed by atoms with Gasteiger partial charge in [-0.2, -0.15) is 13.2 Å². The molecule has 0 spiro atoms. The fourth-order valence-corrected chi connectivity index (χ4v) is 4.38. The molecule has 0 saturated carbocycles. The molecule has 1 atom stereocenters. The fraction of sp³-hybridized carbons (Fsp3) is 0.276. The number of methoxy groups -OCH3 is 2. The van der Waals surface area contributed by atoms with Crippen molar-refractivity contribution >= 4 is 22.6 Å². The van der Waals surface area contributed by atoms with Crippen LogP contribution in [0.1, 0.15) is 29.9 Å². The number of carbonyl (C=O) groups is 1. The number of nitrogens with zero attached hydrogens (tertiary/aromatic N) is 3. The Morgan fingerprint density at radius 3 is 2.42 bits per heavy atom. The first-order chi connectivity index (χ1) is 19.0. The highest BCUT2D eigenvalue weighted by Crippen LogP contribution is 2.31. The van der Waals surface area contributed by atoms with Crippen LogP contribution >= 0.6 is 0 Å². The minimum atomic E-state index is -4.50. The molecule has 4 aromatic rings. The van der Waals surface area contributed by atoms with Crippen LogP contribution in [0, 0.1) is 6.92 Å². The van der Waals surface area contributed by atoms with Crippen molar-refractivity contribution in [2.45, 2.75) is 26.1 Å². The van der Waals surface area contributed by atoms with Crippen LogP contribution in [0.15, 0.2) is 71.5 Å². The maximum absolute atomic E-state index is 13.9. The first-order valence-corrected chi connectivity index (χ1v) is 12.5. The van der Waals surface area contributed by atoms with E-state index in [0.717, 1.165) is 17.7 Å². The number of halogens is 3. The van der Waals surface area contributed by atoms with E-state index in [1.807, 2.05) is 13.0 Å². The monoisotopic (exact) mass is 554 g/mol. The van der Waals surface area contributed by atoms with E-state index >= 15 is 0 Å². The average Bonchev–Trinajstić information content (AvgIpc) is 2.93. The fourth-order valence-electron chi connectivity index (χ4n) is 4.38. The number of hydrogen-bond acceptors (Lipinski definition) is 5. The number of alkyl halides is 3. The molecule has 1 N–H and O–H groups in total. The lowest BCUT2D eigenvalue weighted by Gasteiger charge is -2.30. The topological polar surface area (TPSA) is 85.7 Å². The number of benzene rings is 3. The summed E-state index contributed by atoms with van der Waals surface area (Å²) in [6.45, 7) is 3.87.